The Hall–Kier alpha value is -2.34. The predicted octanol–water partition coefficient (Wildman–Crippen LogP) is 3.30. The van der Waals surface area contributed by atoms with Crippen LogP contribution in [-0.2, 0) is 4.79 Å². The Bertz CT molecular complexity index is 677. The maximum Gasteiger partial charge on any atom is 0.252 e. The lowest BCUT2D eigenvalue weighted by Crippen LogP contribution is -2.24. The molecule has 0 aliphatic carbocycles. The zero-order valence-electron chi connectivity index (χ0n) is 13.4. The molecule has 0 saturated heterocycles. The lowest BCUT2D eigenvalue weighted by Gasteiger charge is -2.07. The van der Waals surface area contributed by atoms with Gasteiger partial charge in [-0.2, -0.15) is 0 Å². The van der Waals surface area contributed by atoms with Crippen LogP contribution in [0.25, 0.3) is 0 Å². The van der Waals surface area contributed by atoms with E-state index in [1.54, 1.807) is 36.7 Å². The first-order valence-corrected chi connectivity index (χ1v) is 8.37. The van der Waals surface area contributed by atoms with E-state index in [2.05, 4.69) is 28.2 Å². The molecule has 0 radical (unpaired) electrons. The molecule has 1 heterocycles. The molecule has 1 aromatic heterocycles. The molecule has 0 aliphatic rings. The third-order valence-corrected chi connectivity index (χ3v) is 3.85. The van der Waals surface area contributed by atoms with E-state index in [-0.39, 0.29) is 11.8 Å². The number of benzene rings is 1. The number of pyridine rings is 1. The van der Waals surface area contributed by atoms with Crippen molar-refractivity contribution in [3.63, 3.8) is 0 Å². The molecule has 2 aromatic rings. The van der Waals surface area contributed by atoms with E-state index in [0.29, 0.717) is 29.1 Å². The van der Waals surface area contributed by atoms with E-state index in [1.165, 1.54) is 0 Å². The van der Waals surface area contributed by atoms with E-state index in [4.69, 9.17) is 0 Å². The Morgan fingerprint density at radius 2 is 1.88 bits per heavy atom. The van der Waals surface area contributed by atoms with E-state index in [1.807, 2.05) is 12.1 Å². The van der Waals surface area contributed by atoms with Crippen LogP contribution >= 0.6 is 12.6 Å². The molecule has 0 bridgehead atoms. The Morgan fingerprint density at radius 3 is 2.62 bits per heavy atom. The minimum absolute atomic E-state index is 0.0176. The number of unbranched alkanes of at least 4 members (excludes halogenated alkanes) is 2. The highest BCUT2D eigenvalue weighted by Crippen LogP contribution is 2.12. The van der Waals surface area contributed by atoms with Gasteiger partial charge in [0, 0.05) is 24.1 Å². The Labute approximate surface area is 147 Å². The Kier molecular flexibility index (Phi) is 7.29. The van der Waals surface area contributed by atoms with Gasteiger partial charge in [-0.1, -0.05) is 18.6 Å². The van der Waals surface area contributed by atoms with Crippen LogP contribution in [0.2, 0.25) is 0 Å². The molecule has 2 rings (SSSR count). The third-order valence-electron chi connectivity index (χ3n) is 3.46. The van der Waals surface area contributed by atoms with Gasteiger partial charge in [0.1, 0.15) is 0 Å². The number of anilines is 1. The topological polar surface area (TPSA) is 71.1 Å². The van der Waals surface area contributed by atoms with Gasteiger partial charge in [-0.05, 0) is 37.1 Å². The fraction of sp³-hybridized carbons (Fsp3) is 0.278. The van der Waals surface area contributed by atoms with Gasteiger partial charge in [-0.3, -0.25) is 14.6 Å². The number of thiol groups is 1. The number of amides is 2. The third kappa shape index (κ3) is 6.04. The summed E-state index contributed by atoms with van der Waals surface area (Å²) in [5.74, 6) is -0.133. The number of aromatic nitrogens is 1. The van der Waals surface area contributed by atoms with Gasteiger partial charge in [-0.15, -0.1) is 12.6 Å². The number of hydrogen-bond acceptors (Lipinski definition) is 4. The maximum atomic E-state index is 12.0. The van der Waals surface area contributed by atoms with Gasteiger partial charge in [0.2, 0.25) is 5.91 Å². The highest BCUT2D eigenvalue weighted by Gasteiger charge is 2.07. The van der Waals surface area contributed by atoms with E-state index < -0.39 is 0 Å². The zero-order chi connectivity index (χ0) is 17.2. The van der Waals surface area contributed by atoms with Gasteiger partial charge in [0.05, 0.1) is 17.4 Å². The van der Waals surface area contributed by atoms with Crippen molar-refractivity contribution in [1.82, 2.24) is 10.3 Å². The van der Waals surface area contributed by atoms with Crippen LogP contribution in [0.4, 0.5) is 5.69 Å². The average Bonchev–Trinajstić information content (AvgIpc) is 2.59. The molecular formula is C18H21N3O2S. The van der Waals surface area contributed by atoms with Crippen LogP contribution in [-0.4, -0.2) is 23.3 Å². The summed E-state index contributed by atoms with van der Waals surface area (Å²) in [6.45, 7) is 0.588. The number of rotatable bonds is 8. The quantitative estimate of drug-likeness (QED) is 0.509. The fourth-order valence-electron chi connectivity index (χ4n) is 2.21. The molecule has 0 atom stereocenters. The zero-order valence-corrected chi connectivity index (χ0v) is 14.3. The lowest BCUT2D eigenvalue weighted by molar-refractivity contribution is -0.116. The first-order valence-electron chi connectivity index (χ1n) is 7.93. The summed E-state index contributed by atoms with van der Waals surface area (Å²) in [5, 5.41) is 5.67. The van der Waals surface area contributed by atoms with Crippen molar-refractivity contribution in [3.8, 4) is 0 Å². The lowest BCUT2D eigenvalue weighted by atomic mass is 10.1. The summed E-state index contributed by atoms with van der Waals surface area (Å²) in [4.78, 5) is 28.4. The second kappa shape index (κ2) is 9.72. The highest BCUT2D eigenvalue weighted by atomic mass is 32.1. The summed E-state index contributed by atoms with van der Waals surface area (Å²) in [6.07, 6.45) is 6.24. The van der Waals surface area contributed by atoms with Gasteiger partial charge in [0.15, 0.2) is 0 Å². The first kappa shape index (κ1) is 18.0. The van der Waals surface area contributed by atoms with Crippen molar-refractivity contribution in [1.29, 1.82) is 0 Å². The molecule has 1 aromatic carbocycles. The van der Waals surface area contributed by atoms with E-state index in [9.17, 15) is 9.59 Å². The highest BCUT2D eigenvalue weighted by molar-refractivity contribution is 7.80. The molecule has 2 N–H and O–H groups in total. The van der Waals surface area contributed by atoms with Crippen molar-refractivity contribution in [2.24, 2.45) is 0 Å². The normalized spacial score (nSPS) is 10.2. The number of nitrogens with zero attached hydrogens (tertiary/aromatic N) is 1. The summed E-state index contributed by atoms with van der Waals surface area (Å²) in [6, 6.07) is 10.8. The number of carbonyl (C=O) groups excluding carboxylic acids is 2. The predicted molar refractivity (Wildman–Crippen MR) is 97.4 cm³/mol. The Balaban J connectivity index is 1.58. The molecule has 6 heteroatoms. The van der Waals surface area contributed by atoms with Crippen molar-refractivity contribution in [2.75, 3.05) is 11.9 Å². The molecule has 0 saturated carbocycles. The smallest absolute Gasteiger partial charge is 0.252 e. The van der Waals surface area contributed by atoms with Crippen LogP contribution in [0.15, 0.2) is 53.7 Å². The number of nitrogens with one attached hydrogen (secondary N) is 2. The van der Waals surface area contributed by atoms with Crippen molar-refractivity contribution >= 4 is 30.1 Å². The standard InChI is InChI=1S/C18H21N3O2S/c22-17(21-14-7-6-11-19-13-14)10-2-1-5-12-20-18(23)15-8-3-4-9-16(15)24/h3-4,6-9,11,13,24H,1-2,5,10,12H2,(H,20,23)(H,21,22). The maximum absolute atomic E-state index is 12.0. The van der Waals surface area contributed by atoms with Crippen LogP contribution in [0.1, 0.15) is 36.0 Å². The second-order valence-electron chi connectivity index (χ2n) is 5.37. The minimum atomic E-state index is -0.116. The van der Waals surface area contributed by atoms with Gasteiger partial charge >= 0.3 is 0 Å². The Morgan fingerprint density at radius 1 is 1.04 bits per heavy atom. The molecule has 0 spiro atoms. The molecule has 0 unspecified atom stereocenters. The minimum Gasteiger partial charge on any atom is -0.352 e. The van der Waals surface area contributed by atoms with Crippen LogP contribution in [0, 0.1) is 0 Å². The number of carbonyl (C=O) groups is 2. The SMILES string of the molecule is O=C(CCCCCNC(=O)c1ccccc1S)Nc1cccnc1. The molecule has 2 amide bonds. The molecule has 5 nitrogen and oxygen atoms in total. The summed E-state index contributed by atoms with van der Waals surface area (Å²) < 4.78 is 0. The van der Waals surface area contributed by atoms with Crippen molar-refractivity contribution < 1.29 is 9.59 Å². The number of hydrogen-bond donors (Lipinski definition) is 3. The monoisotopic (exact) mass is 343 g/mol. The van der Waals surface area contributed by atoms with E-state index >= 15 is 0 Å². The molecule has 0 aliphatic heterocycles. The van der Waals surface area contributed by atoms with Gasteiger partial charge in [0.25, 0.3) is 5.91 Å². The van der Waals surface area contributed by atoms with Crippen molar-refractivity contribution in [3.05, 3.63) is 54.4 Å². The van der Waals surface area contributed by atoms with Crippen LogP contribution < -0.4 is 10.6 Å². The summed E-state index contributed by atoms with van der Waals surface area (Å²) in [7, 11) is 0. The van der Waals surface area contributed by atoms with Gasteiger partial charge < -0.3 is 10.6 Å². The summed E-state index contributed by atoms with van der Waals surface area (Å²) in [5.41, 5.74) is 1.29. The average molecular weight is 343 g/mol. The second-order valence-corrected chi connectivity index (χ2v) is 5.86. The van der Waals surface area contributed by atoms with Crippen LogP contribution in [0.3, 0.4) is 0 Å². The van der Waals surface area contributed by atoms with Crippen molar-refractivity contribution in [2.45, 2.75) is 30.6 Å². The molecular weight excluding hydrogens is 322 g/mol. The molecule has 0 fully saturated rings. The largest absolute Gasteiger partial charge is 0.352 e. The fourth-order valence-corrected chi connectivity index (χ4v) is 2.47. The first-order chi connectivity index (χ1) is 11.7. The molecule has 126 valence electrons. The van der Waals surface area contributed by atoms with E-state index in [0.717, 1.165) is 19.3 Å². The summed E-state index contributed by atoms with van der Waals surface area (Å²) >= 11 is 4.27. The van der Waals surface area contributed by atoms with Crippen LogP contribution in [0.5, 0.6) is 0 Å². The molecule has 24 heavy (non-hydrogen) atoms. The van der Waals surface area contributed by atoms with Gasteiger partial charge in [-0.25, -0.2) is 0 Å².